The number of hydrogen-bond donors (Lipinski definition) is 0. The largest absolute Gasteiger partial charge is 0.275 e. The summed E-state index contributed by atoms with van der Waals surface area (Å²) in [4.78, 5) is 19.8. The van der Waals surface area contributed by atoms with Gasteiger partial charge in [0.2, 0.25) is 4.96 Å². The van der Waals surface area contributed by atoms with Crippen molar-refractivity contribution in [2.24, 2.45) is 0 Å². The van der Waals surface area contributed by atoms with E-state index in [2.05, 4.69) is 41.3 Å². The van der Waals surface area contributed by atoms with E-state index >= 15 is 0 Å². The molecule has 7 heteroatoms. The fourth-order valence-corrected chi connectivity index (χ4v) is 4.73. The summed E-state index contributed by atoms with van der Waals surface area (Å²) in [6.07, 6.45) is 0. The van der Waals surface area contributed by atoms with E-state index < -0.39 is 0 Å². The molecule has 0 N–H and O–H groups in total. The summed E-state index contributed by atoms with van der Waals surface area (Å²) in [5.41, 5.74) is 1.90. The molecule has 0 amide bonds. The molecule has 0 saturated carbocycles. The zero-order chi connectivity index (χ0) is 16.5. The van der Waals surface area contributed by atoms with E-state index in [0.717, 1.165) is 15.6 Å². The molecule has 4 nitrogen and oxygen atoms in total. The van der Waals surface area contributed by atoms with Gasteiger partial charge >= 0.3 is 0 Å². The Morgan fingerprint density at radius 1 is 1.21 bits per heavy atom. The Balaban J connectivity index is 1.62. The number of thiophene rings is 1. The van der Waals surface area contributed by atoms with E-state index in [1.165, 1.54) is 26.3 Å². The fourth-order valence-electron chi connectivity index (χ4n) is 2.22. The van der Waals surface area contributed by atoms with Crippen LogP contribution in [0.25, 0.3) is 14.8 Å². The molecule has 1 aromatic carbocycles. The first kappa shape index (κ1) is 15.6. The maximum absolute atomic E-state index is 12.3. The molecular formula is C17H13N3OS3. The van der Waals surface area contributed by atoms with Crippen molar-refractivity contribution in [3.63, 3.8) is 0 Å². The first-order valence-corrected chi connectivity index (χ1v) is 10.0. The Hall–Kier alpha value is -1.96. The summed E-state index contributed by atoms with van der Waals surface area (Å²) in [6, 6.07) is 13.9. The smallest absolute Gasteiger partial charge is 0.267 e. The molecule has 0 saturated heterocycles. The highest BCUT2D eigenvalue weighted by atomic mass is 32.2. The summed E-state index contributed by atoms with van der Waals surface area (Å²) < 4.78 is 1.39. The van der Waals surface area contributed by atoms with Gasteiger partial charge in [-0.05, 0) is 30.5 Å². The Morgan fingerprint density at radius 3 is 2.79 bits per heavy atom. The molecule has 0 atom stereocenters. The third-order valence-electron chi connectivity index (χ3n) is 3.44. The van der Waals surface area contributed by atoms with E-state index in [1.54, 1.807) is 29.2 Å². The van der Waals surface area contributed by atoms with Crippen LogP contribution in [0.5, 0.6) is 0 Å². The van der Waals surface area contributed by atoms with Crippen LogP contribution in [0.3, 0.4) is 0 Å². The van der Waals surface area contributed by atoms with Gasteiger partial charge in [0.1, 0.15) is 0 Å². The highest BCUT2D eigenvalue weighted by molar-refractivity contribution is 7.98. The van der Waals surface area contributed by atoms with Gasteiger partial charge in [-0.3, -0.25) is 4.79 Å². The molecule has 0 fully saturated rings. The van der Waals surface area contributed by atoms with Gasteiger partial charge in [0.15, 0.2) is 5.01 Å². The summed E-state index contributed by atoms with van der Waals surface area (Å²) in [7, 11) is 0. The van der Waals surface area contributed by atoms with Crippen LogP contribution in [0.15, 0.2) is 57.5 Å². The predicted molar refractivity (Wildman–Crippen MR) is 101 cm³/mol. The molecule has 0 radical (unpaired) electrons. The number of aromatic nitrogens is 3. The number of benzene rings is 1. The van der Waals surface area contributed by atoms with Crippen LogP contribution in [0.4, 0.5) is 0 Å². The second kappa shape index (κ2) is 6.51. The first-order valence-electron chi connectivity index (χ1n) is 7.32. The third-order valence-corrected chi connectivity index (χ3v) is 6.43. The normalized spacial score (nSPS) is 11.2. The number of fused-ring (bicyclic) bond motifs is 1. The zero-order valence-corrected chi connectivity index (χ0v) is 15.3. The van der Waals surface area contributed by atoms with Crippen molar-refractivity contribution in [3.8, 4) is 9.88 Å². The lowest BCUT2D eigenvalue weighted by atomic mass is 10.2. The van der Waals surface area contributed by atoms with Crippen molar-refractivity contribution < 1.29 is 0 Å². The van der Waals surface area contributed by atoms with Gasteiger partial charge < -0.3 is 0 Å². The van der Waals surface area contributed by atoms with Crippen molar-refractivity contribution in [3.05, 3.63) is 69.5 Å². The van der Waals surface area contributed by atoms with Crippen LogP contribution in [0.2, 0.25) is 0 Å². The maximum Gasteiger partial charge on any atom is 0.275 e. The van der Waals surface area contributed by atoms with Crippen molar-refractivity contribution in [2.75, 3.05) is 0 Å². The van der Waals surface area contributed by atoms with Crippen molar-refractivity contribution in [1.29, 1.82) is 0 Å². The first-order chi connectivity index (χ1) is 11.7. The minimum absolute atomic E-state index is 0.126. The molecule has 24 heavy (non-hydrogen) atoms. The standard InChI is InChI=1S/C17H13N3OS3/c1-11-4-6-13(7-5-11)23-10-12-9-15(21)20-17(18-12)24-16(19-20)14-3-2-8-22-14/h2-9H,10H2,1H3. The summed E-state index contributed by atoms with van der Waals surface area (Å²) in [5, 5.41) is 7.22. The van der Waals surface area contributed by atoms with Gasteiger partial charge in [0.25, 0.3) is 5.56 Å². The van der Waals surface area contributed by atoms with Gasteiger partial charge in [-0.25, -0.2) is 4.98 Å². The number of nitrogens with zero attached hydrogens (tertiary/aromatic N) is 3. The average Bonchev–Trinajstić information content (AvgIpc) is 3.23. The number of thioether (sulfide) groups is 1. The Bertz CT molecular complexity index is 1030. The summed E-state index contributed by atoms with van der Waals surface area (Å²) >= 11 is 4.74. The van der Waals surface area contributed by atoms with Gasteiger partial charge in [-0.15, -0.1) is 23.1 Å². The average molecular weight is 372 g/mol. The molecule has 120 valence electrons. The highest BCUT2D eigenvalue weighted by Crippen LogP contribution is 2.28. The Morgan fingerprint density at radius 2 is 2.04 bits per heavy atom. The lowest BCUT2D eigenvalue weighted by Crippen LogP contribution is -2.15. The highest BCUT2D eigenvalue weighted by Gasteiger charge is 2.11. The minimum Gasteiger partial charge on any atom is -0.267 e. The molecule has 4 aromatic rings. The molecule has 3 heterocycles. The van der Waals surface area contributed by atoms with Crippen LogP contribution in [-0.4, -0.2) is 14.6 Å². The number of hydrogen-bond acceptors (Lipinski definition) is 6. The van der Waals surface area contributed by atoms with Gasteiger partial charge in [-0.1, -0.05) is 35.1 Å². The molecular weight excluding hydrogens is 358 g/mol. The quantitative estimate of drug-likeness (QED) is 0.496. The molecule has 0 aliphatic carbocycles. The van der Waals surface area contributed by atoms with Crippen LogP contribution in [-0.2, 0) is 5.75 Å². The van der Waals surface area contributed by atoms with Crippen molar-refractivity contribution >= 4 is 39.4 Å². The van der Waals surface area contributed by atoms with E-state index in [9.17, 15) is 4.79 Å². The second-order valence-electron chi connectivity index (χ2n) is 5.27. The van der Waals surface area contributed by atoms with Crippen molar-refractivity contribution in [1.82, 2.24) is 14.6 Å². The molecule has 0 spiro atoms. The lowest BCUT2D eigenvalue weighted by Gasteiger charge is -2.02. The van der Waals surface area contributed by atoms with Crippen LogP contribution in [0, 0.1) is 6.92 Å². The van der Waals surface area contributed by atoms with E-state index in [1.807, 2.05) is 17.5 Å². The molecule has 0 aliphatic heterocycles. The summed E-state index contributed by atoms with van der Waals surface area (Å²) in [5.74, 6) is 0.668. The van der Waals surface area contributed by atoms with Crippen LogP contribution < -0.4 is 5.56 Å². The monoisotopic (exact) mass is 371 g/mol. The molecule has 3 aromatic heterocycles. The Kier molecular flexibility index (Phi) is 4.22. The summed E-state index contributed by atoms with van der Waals surface area (Å²) in [6.45, 7) is 2.07. The fraction of sp³-hybridized carbons (Fsp3) is 0.118. The molecule has 0 bridgehead atoms. The predicted octanol–water partition coefficient (Wildman–Crippen LogP) is 4.48. The lowest BCUT2D eigenvalue weighted by molar-refractivity contribution is 0.893. The molecule has 4 rings (SSSR count). The van der Waals surface area contributed by atoms with Gasteiger partial charge in [0, 0.05) is 16.7 Å². The van der Waals surface area contributed by atoms with Gasteiger partial charge in [0.05, 0.1) is 10.6 Å². The maximum atomic E-state index is 12.3. The zero-order valence-electron chi connectivity index (χ0n) is 12.8. The van der Waals surface area contributed by atoms with Crippen LogP contribution >= 0.6 is 34.4 Å². The minimum atomic E-state index is -0.126. The number of rotatable bonds is 4. The molecule has 0 aliphatic rings. The Labute approximate surface area is 150 Å². The van der Waals surface area contributed by atoms with E-state index in [-0.39, 0.29) is 5.56 Å². The van der Waals surface area contributed by atoms with E-state index in [0.29, 0.717) is 10.7 Å². The second-order valence-corrected chi connectivity index (χ2v) is 8.22. The SMILES string of the molecule is Cc1ccc(SCc2cc(=O)n3nc(-c4cccs4)sc3n2)cc1. The van der Waals surface area contributed by atoms with Crippen LogP contribution in [0.1, 0.15) is 11.3 Å². The third kappa shape index (κ3) is 3.15. The molecule has 0 unspecified atom stereocenters. The number of aryl methyl sites for hydroxylation is 1. The van der Waals surface area contributed by atoms with E-state index in [4.69, 9.17) is 0 Å². The topological polar surface area (TPSA) is 47.3 Å². The van der Waals surface area contributed by atoms with Crippen molar-refractivity contribution in [2.45, 2.75) is 17.6 Å². The van der Waals surface area contributed by atoms with Gasteiger partial charge in [-0.2, -0.15) is 9.61 Å².